The molecule has 2 heteroatoms. The number of carboxylic acids is 1. The van der Waals surface area contributed by atoms with Crippen molar-refractivity contribution < 1.29 is 9.90 Å². The van der Waals surface area contributed by atoms with Crippen molar-refractivity contribution in [2.24, 2.45) is 17.8 Å². The van der Waals surface area contributed by atoms with E-state index in [-0.39, 0.29) is 0 Å². The van der Waals surface area contributed by atoms with Crippen LogP contribution in [0.15, 0.2) is 22.8 Å². The third-order valence-electron chi connectivity index (χ3n) is 4.53. The smallest absolute Gasteiger partial charge is 0.330 e. The topological polar surface area (TPSA) is 37.3 Å². The highest BCUT2D eigenvalue weighted by Crippen LogP contribution is 2.48. The number of carboxylic acid groups (broad SMARTS) is 1. The summed E-state index contributed by atoms with van der Waals surface area (Å²) in [5.74, 6) is 1.09. The van der Waals surface area contributed by atoms with Gasteiger partial charge in [0.05, 0.1) is 0 Å². The average molecular weight is 234 g/mol. The largest absolute Gasteiger partial charge is 0.478 e. The molecule has 2 aliphatic carbocycles. The minimum absolute atomic E-state index is 0.384. The summed E-state index contributed by atoms with van der Waals surface area (Å²) >= 11 is 0. The van der Waals surface area contributed by atoms with Crippen LogP contribution in [0.25, 0.3) is 0 Å². The van der Waals surface area contributed by atoms with E-state index in [0.717, 1.165) is 12.3 Å². The summed E-state index contributed by atoms with van der Waals surface area (Å²) in [6.45, 7) is 6.28. The van der Waals surface area contributed by atoms with E-state index < -0.39 is 5.97 Å². The zero-order chi connectivity index (χ0) is 12.6. The van der Waals surface area contributed by atoms with Crippen LogP contribution in [-0.2, 0) is 4.79 Å². The molecular formula is C15H22O2. The van der Waals surface area contributed by atoms with Gasteiger partial charge in [-0.2, -0.15) is 0 Å². The Kier molecular flexibility index (Phi) is 3.41. The van der Waals surface area contributed by atoms with Crippen LogP contribution in [0.2, 0.25) is 0 Å². The highest BCUT2D eigenvalue weighted by molar-refractivity contribution is 5.85. The lowest BCUT2D eigenvalue weighted by Gasteiger charge is -2.34. The number of carbonyl (C=O) groups is 1. The van der Waals surface area contributed by atoms with E-state index in [9.17, 15) is 4.79 Å². The van der Waals surface area contributed by atoms with Crippen LogP contribution in [0.3, 0.4) is 0 Å². The molecule has 2 aliphatic rings. The Labute approximate surface area is 103 Å². The first-order chi connectivity index (χ1) is 8.00. The summed E-state index contributed by atoms with van der Waals surface area (Å²) in [5.41, 5.74) is 3.57. The van der Waals surface area contributed by atoms with Gasteiger partial charge in [0, 0.05) is 5.57 Å². The van der Waals surface area contributed by atoms with Crippen LogP contribution in [0.1, 0.15) is 46.5 Å². The number of aliphatic carboxylic acids is 1. The summed E-state index contributed by atoms with van der Waals surface area (Å²) in [7, 11) is 0. The second-order valence-electron chi connectivity index (χ2n) is 5.70. The Balaban J connectivity index is 2.27. The molecule has 0 spiro atoms. The fourth-order valence-electron chi connectivity index (χ4n) is 3.52. The maximum absolute atomic E-state index is 10.9. The predicted octanol–water partition coefficient (Wildman–Crippen LogP) is 3.79. The number of hydrogen-bond acceptors (Lipinski definition) is 1. The zero-order valence-corrected chi connectivity index (χ0v) is 11.0. The second-order valence-corrected chi connectivity index (χ2v) is 5.70. The molecule has 2 rings (SSSR count). The van der Waals surface area contributed by atoms with Gasteiger partial charge in [0.1, 0.15) is 0 Å². The van der Waals surface area contributed by atoms with Gasteiger partial charge in [0.15, 0.2) is 0 Å². The van der Waals surface area contributed by atoms with Crippen LogP contribution in [0.4, 0.5) is 0 Å². The van der Waals surface area contributed by atoms with Gasteiger partial charge in [-0.15, -0.1) is 0 Å². The van der Waals surface area contributed by atoms with E-state index in [0.29, 0.717) is 17.4 Å². The summed E-state index contributed by atoms with van der Waals surface area (Å²) in [6, 6.07) is 0. The number of rotatable bonds is 2. The summed E-state index contributed by atoms with van der Waals surface area (Å²) in [4.78, 5) is 10.9. The average Bonchev–Trinajstić information content (AvgIpc) is 2.66. The summed E-state index contributed by atoms with van der Waals surface area (Å²) < 4.78 is 0. The molecule has 1 saturated carbocycles. The quantitative estimate of drug-likeness (QED) is 0.583. The van der Waals surface area contributed by atoms with Crippen molar-refractivity contribution in [1.29, 1.82) is 0 Å². The molecule has 3 unspecified atom stereocenters. The molecule has 0 heterocycles. The highest BCUT2D eigenvalue weighted by atomic mass is 16.4. The van der Waals surface area contributed by atoms with Gasteiger partial charge in [-0.3, -0.25) is 0 Å². The Morgan fingerprint density at radius 1 is 1.35 bits per heavy atom. The van der Waals surface area contributed by atoms with Crippen molar-refractivity contribution in [1.82, 2.24) is 0 Å². The van der Waals surface area contributed by atoms with Crippen LogP contribution in [0, 0.1) is 17.8 Å². The van der Waals surface area contributed by atoms with Crippen molar-refractivity contribution in [3.8, 4) is 0 Å². The van der Waals surface area contributed by atoms with Gasteiger partial charge in [-0.25, -0.2) is 4.79 Å². The Bertz CT molecular complexity index is 390. The Morgan fingerprint density at radius 2 is 2.06 bits per heavy atom. The van der Waals surface area contributed by atoms with Crippen molar-refractivity contribution in [3.05, 3.63) is 22.8 Å². The molecule has 0 saturated heterocycles. The molecule has 0 aromatic carbocycles. The highest BCUT2D eigenvalue weighted by Gasteiger charge is 2.35. The molecule has 1 N–H and O–H groups in total. The molecule has 0 aromatic rings. The number of fused-ring (bicyclic) bond motifs is 1. The fraction of sp³-hybridized carbons (Fsp3) is 0.667. The lowest BCUT2D eigenvalue weighted by Crippen LogP contribution is -2.23. The summed E-state index contributed by atoms with van der Waals surface area (Å²) in [6.07, 6.45) is 6.81. The zero-order valence-electron chi connectivity index (χ0n) is 11.0. The second kappa shape index (κ2) is 4.67. The SMILES string of the molecule is CC1=C2C(/C=C(\C)C(=O)O)CCC(C)C2CC1. The van der Waals surface area contributed by atoms with E-state index in [1.807, 2.05) is 6.08 Å². The van der Waals surface area contributed by atoms with Gasteiger partial charge in [-0.1, -0.05) is 24.1 Å². The number of allylic oxidation sites excluding steroid dienone is 3. The fourth-order valence-corrected chi connectivity index (χ4v) is 3.52. The molecular weight excluding hydrogens is 212 g/mol. The maximum atomic E-state index is 10.9. The van der Waals surface area contributed by atoms with Crippen LogP contribution in [0.5, 0.6) is 0 Å². The van der Waals surface area contributed by atoms with E-state index in [1.54, 1.807) is 12.5 Å². The van der Waals surface area contributed by atoms with Crippen molar-refractivity contribution >= 4 is 5.97 Å². The standard InChI is InChI=1S/C15H22O2/c1-9-4-6-12(8-11(3)15(16)17)14-10(2)5-7-13(9)14/h8-9,12-13H,4-7H2,1-3H3,(H,16,17)/b11-8+. The van der Waals surface area contributed by atoms with E-state index in [1.165, 1.54) is 24.8 Å². The predicted molar refractivity (Wildman–Crippen MR) is 68.7 cm³/mol. The number of hydrogen-bond donors (Lipinski definition) is 1. The van der Waals surface area contributed by atoms with Crippen LogP contribution in [-0.4, -0.2) is 11.1 Å². The third-order valence-corrected chi connectivity index (χ3v) is 4.53. The Hall–Kier alpha value is -1.05. The molecule has 94 valence electrons. The molecule has 0 amide bonds. The van der Waals surface area contributed by atoms with E-state index in [4.69, 9.17) is 5.11 Å². The first-order valence-corrected chi connectivity index (χ1v) is 6.62. The lowest BCUT2D eigenvalue weighted by molar-refractivity contribution is -0.132. The molecule has 3 atom stereocenters. The Morgan fingerprint density at radius 3 is 2.71 bits per heavy atom. The van der Waals surface area contributed by atoms with Crippen molar-refractivity contribution in [3.63, 3.8) is 0 Å². The molecule has 0 aromatic heterocycles. The monoisotopic (exact) mass is 234 g/mol. The molecule has 17 heavy (non-hydrogen) atoms. The minimum atomic E-state index is -0.781. The van der Waals surface area contributed by atoms with Gasteiger partial charge in [0.25, 0.3) is 0 Å². The lowest BCUT2D eigenvalue weighted by atomic mass is 9.71. The maximum Gasteiger partial charge on any atom is 0.330 e. The molecule has 1 fully saturated rings. The van der Waals surface area contributed by atoms with Gasteiger partial charge in [0.2, 0.25) is 0 Å². The third kappa shape index (κ3) is 2.31. The molecule has 0 aliphatic heterocycles. The molecule has 0 bridgehead atoms. The van der Waals surface area contributed by atoms with E-state index >= 15 is 0 Å². The van der Waals surface area contributed by atoms with Crippen LogP contribution < -0.4 is 0 Å². The minimum Gasteiger partial charge on any atom is -0.478 e. The van der Waals surface area contributed by atoms with Crippen molar-refractivity contribution in [2.45, 2.75) is 46.5 Å². The van der Waals surface area contributed by atoms with Crippen LogP contribution >= 0.6 is 0 Å². The first kappa shape index (κ1) is 12.4. The summed E-state index contributed by atoms with van der Waals surface area (Å²) in [5, 5.41) is 8.99. The van der Waals surface area contributed by atoms with Gasteiger partial charge >= 0.3 is 5.97 Å². The molecule has 2 nitrogen and oxygen atoms in total. The van der Waals surface area contributed by atoms with Gasteiger partial charge in [-0.05, 0) is 57.3 Å². The van der Waals surface area contributed by atoms with Crippen molar-refractivity contribution in [2.75, 3.05) is 0 Å². The van der Waals surface area contributed by atoms with Gasteiger partial charge < -0.3 is 5.11 Å². The first-order valence-electron chi connectivity index (χ1n) is 6.62. The van der Waals surface area contributed by atoms with E-state index in [2.05, 4.69) is 13.8 Å². The molecule has 0 radical (unpaired) electrons. The normalized spacial score (nSPS) is 33.8.